The smallest absolute Gasteiger partial charge is 0.0269 e. The Balaban J connectivity index is 2.13. The van der Waals surface area contributed by atoms with Crippen LogP contribution in [-0.2, 0) is 0 Å². The fourth-order valence-corrected chi connectivity index (χ4v) is 3.38. The molecule has 0 heteroatoms. The van der Waals surface area contributed by atoms with Gasteiger partial charge in [-0.05, 0) is 42.9 Å². The highest BCUT2D eigenvalue weighted by Gasteiger charge is 2.45. The molecule has 0 aromatic heterocycles. The van der Waals surface area contributed by atoms with Crippen LogP contribution in [0.15, 0.2) is 0 Å². The van der Waals surface area contributed by atoms with Gasteiger partial charge in [-0.1, -0.05) is 26.7 Å². The minimum Gasteiger partial charge on any atom is -0.0622 e. The molecule has 0 N–H and O–H groups in total. The standard InChI is InChI=1S/C11H20/c1-9-5-8-11(10(9)2)6-3-4-7-11/h9-10H,3-8H2,1-2H3/t9-,10+/m0/s1. The van der Waals surface area contributed by atoms with Crippen LogP contribution in [0.25, 0.3) is 0 Å². The molecule has 2 aliphatic carbocycles. The van der Waals surface area contributed by atoms with E-state index in [-0.39, 0.29) is 0 Å². The summed E-state index contributed by atoms with van der Waals surface area (Å²) in [6.07, 6.45) is 9.14. The van der Waals surface area contributed by atoms with Gasteiger partial charge in [0.1, 0.15) is 0 Å². The van der Waals surface area contributed by atoms with Gasteiger partial charge in [0.05, 0.1) is 0 Å². The molecule has 11 heavy (non-hydrogen) atoms. The summed E-state index contributed by atoms with van der Waals surface area (Å²) in [5.74, 6) is 2.03. The van der Waals surface area contributed by atoms with Crippen LogP contribution in [0.4, 0.5) is 0 Å². The average Bonchev–Trinajstić information content (AvgIpc) is 2.56. The van der Waals surface area contributed by atoms with Crippen LogP contribution in [-0.4, -0.2) is 0 Å². The second-order valence-corrected chi connectivity index (χ2v) is 4.87. The summed E-state index contributed by atoms with van der Waals surface area (Å²) < 4.78 is 0. The summed E-state index contributed by atoms with van der Waals surface area (Å²) in [6.45, 7) is 4.93. The molecule has 1 spiro atoms. The van der Waals surface area contributed by atoms with Crippen LogP contribution in [0.3, 0.4) is 0 Å². The van der Waals surface area contributed by atoms with Crippen molar-refractivity contribution in [2.75, 3.05) is 0 Å². The Morgan fingerprint density at radius 2 is 1.64 bits per heavy atom. The van der Waals surface area contributed by atoms with Crippen molar-refractivity contribution in [3.05, 3.63) is 0 Å². The van der Waals surface area contributed by atoms with Crippen LogP contribution >= 0.6 is 0 Å². The molecule has 0 aromatic carbocycles. The average molecular weight is 152 g/mol. The van der Waals surface area contributed by atoms with Crippen LogP contribution in [0.2, 0.25) is 0 Å². The third-order valence-corrected chi connectivity index (χ3v) is 4.52. The van der Waals surface area contributed by atoms with Crippen molar-refractivity contribution >= 4 is 0 Å². The molecule has 2 fully saturated rings. The van der Waals surface area contributed by atoms with E-state index in [9.17, 15) is 0 Å². The molecule has 0 nitrogen and oxygen atoms in total. The predicted octanol–water partition coefficient (Wildman–Crippen LogP) is 3.61. The fourth-order valence-electron chi connectivity index (χ4n) is 3.38. The van der Waals surface area contributed by atoms with Gasteiger partial charge in [-0.2, -0.15) is 0 Å². The molecule has 0 radical (unpaired) electrons. The molecule has 0 aliphatic heterocycles. The fraction of sp³-hybridized carbons (Fsp3) is 1.00. The van der Waals surface area contributed by atoms with Crippen molar-refractivity contribution in [3.8, 4) is 0 Å². The summed E-state index contributed by atoms with van der Waals surface area (Å²) >= 11 is 0. The third-order valence-electron chi connectivity index (χ3n) is 4.52. The summed E-state index contributed by atoms with van der Waals surface area (Å²) in [5.41, 5.74) is 0.819. The van der Waals surface area contributed by atoms with E-state index in [1.165, 1.54) is 25.7 Å². The van der Waals surface area contributed by atoms with Crippen molar-refractivity contribution < 1.29 is 0 Å². The predicted molar refractivity (Wildman–Crippen MR) is 48.5 cm³/mol. The molecule has 0 aromatic rings. The zero-order valence-electron chi connectivity index (χ0n) is 7.90. The molecule has 2 aliphatic rings. The van der Waals surface area contributed by atoms with Crippen molar-refractivity contribution in [1.29, 1.82) is 0 Å². The molecule has 0 bridgehead atoms. The molecule has 2 saturated carbocycles. The molecule has 0 amide bonds. The Kier molecular flexibility index (Phi) is 1.74. The van der Waals surface area contributed by atoms with Crippen LogP contribution < -0.4 is 0 Å². The SMILES string of the molecule is C[C@@H]1[C@@H](C)CCC12CCCC2. The highest BCUT2D eigenvalue weighted by molar-refractivity contribution is 4.95. The van der Waals surface area contributed by atoms with Gasteiger partial charge in [-0.15, -0.1) is 0 Å². The lowest BCUT2D eigenvalue weighted by Crippen LogP contribution is -2.21. The molecule has 0 heterocycles. The van der Waals surface area contributed by atoms with Gasteiger partial charge in [0, 0.05) is 0 Å². The van der Waals surface area contributed by atoms with E-state index >= 15 is 0 Å². The summed E-state index contributed by atoms with van der Waals surface area (Å²) in [5, 5.41) is 0. The minimum atomic E-state index is 0.819. The number of rotatable bonds is 0. The largest absolute Gasteiger partial charge is 0.0622 e. The number of hydrogen-bond donors (Lipinski definition) is 0. The van der Waals surface area contributed by atoms with Crippen LogP contribution in [0.1, 0.15) is 52.4 Å². The van der Waals surface area contributed by atoms with Crippen molar-refractivity contribution in [2.45, 2.75) is 52.4 Å². The maximum Gasteiger partial charge on any atom is -0.0269 e. The second kappa shape index (κ2) is 2.50. The van der Waals surface area contributed by atoms with Crippen molar-refractivity contribution in [2.24, 2.45) is 17.3 Å². The van der Waals surface area contributed by atoms with E-state index in [1.807, 2.05) is 0 Å². The van der Waals surface area contributed by atoms with E-state index in [0.29, 0.717) is 0 Å². The van der Waals surface area contributed by atoms with E-state index in [1.54, 1.807) is 12.8 Å². The van der Waals surface area contributed by atoms with Gasteiger partial charge in [0.2, 0.25) is 0 Å². The van der Waals surface area contributed by atoms with Crippen molar-refractivity contribution in [1.82, 2.24) is 0 Å². The Labute approximate surface area is 70.4 Å². The quantitative estimate of drug-likeness (QED) is 0.497. The third kappa shape index (κ3) is 1.02. The first-order valence-corrected chi connectivity index (χ1v) is 5.25. The maximum atomic E-state index is 2.49. The molecule has 2 rings (SSSR count). The van der Waals surface area contributed by atoms with E-state index in [0.717, 1.165) is 17.3 Å². The molecule has 2 atom stereocenters. The highest BCUT2D eigenvalue weighted by Crippen LogP contribution is 2.56. The summed E-state index contributed by atoms with van der Waals surface area (Å²) in [7, 11) is 0. The summed E-state index contributed by atoms with van der Waals surface area (Å²) in [4.78, 5) is 0. The Bertz CT molecular complexity index is 142. The summed E-state index contributed by atoms with van der Waals surface area (Å²) in [6, 6.07) is 0. The minimum absolute atomic E-state index is 0.819. The molecular weight excluding hydrogens is 132 g/mol. The lowest BCUT2D eigenvalue weighted by atomic mass is 9.75. The molecule has 64 valence electrons. The Morgan fingerprint density at radius 1 is 1.00 bits per heavy atom. The second-order valence-electron chi connectivity index (χ2n) is 4.87. The van der Waals surface area contributed by atoms with Gasteiger partial charge in [0.15, 0.2) is 0 Å². The highest BCUT2D eigenvalue weighted by atomic mass is 14.5. The van der Waals surface area contributed by atoms with Gasteiger partial charge in [-0.25, -0.2) is 0 Å². The molecule has 0 unspecified atom stereocenters. The van der Waals surface area contributed by atoms with Crippen molar-refractivity contribution in [3.63, 3.8) is 0 Å². The Hall–Kier alpha value is 0. The van der Waals surface area contributed by atoms with Crippen LogP contribution in [0.5, 0.6) is 0 Å². The monoisotopic (exact) mass is 152 g/mol. The van der Waals surface area contributed by atoms with E-state index in [2.05, 4.69) is 13.8 Å². The maximum absolute atomic E-state index is 2.49. The molecule has 0 saturated heterocycles. The normalized spacial score (nSPS) is 42.0. The first kappa shape index (κ1) is 7.64. The first-order valence-electron chi connectivity index (χ1n) is 5.25. The van der Waals surface area contributed by atoms with Gasteiger partial charge < -0.3 is 0 Å². The van der Waals surface area contributed by atoms with Gasteiger partial charge in [0.25, 0.3) is 0 Å². The zero-order valence-corrected chi connectivity index (χ0v) is 7.90. The van der Waals surface area contributed by atoms with Crippen LogP contribution in [0, 0.1) is 17.3 Å². The molecular formula is C11H20. The zero-order chi connectivity index (χ0) is 7.90. The topological polar surface area (TPSA) is 0 Å². The van der Waals surface area contributed by atoms with Gasteiger partial charge >= 0.3 is 0 Å². The van der Waals surface area contributed by atoms with E-state index in [4.69, 9.17) is 0 Å². The first-order chi connectivity index (χ1) is 5.25. The Morgan fingerprint density at radius 3 is 2.09 bits per heavy atom. The van der Waals surface area contributed by atoms with E-state index < -0.39 is 0 Å². The van der Waals surface area contributed by atoms with Gasteiger partial charge in [-0.3, -0.25) is 0 Å². The lowest BCUT2D eigenvalue weighted by Gasteiger charge is -2.29. The lowest BCUT2D eigenvalue weighted by molar-refractivity contribution is 0.199. The number of hydrogen-bond acceptors (Lipinski definition) is 0.